The lowest BCUT2D eigenvalue weighted by Crippen LogP contribution is -2.41. The lowest BCUT2D eigenvalue weighted by molar-refractivity contribution is 0.0571. The van der Waals surface area contributed by atoms with Crippen molar-refractivity contribution in [3.05, 3.63) is 17.7 Å². The Morgan fingerprint density at radius 2 is 2.19 bits per heavy atom. The van der Waals surface area contributed by atoms with Gasteiger partial charge in [0.2, 0.25) is 6.79 Å². The van der Waals surface area contributed by atoms with Gasteiger partial charge in [-0.25, -0.2) is 0 Å². The highest BCUT2D eigenvalue weighted by atomic mass is 16.7. The molecule has 1 amide bonds. The fourth-order valence-corrected chi connectivity index (χ4v) is 2.93. The number of methoxy groups -OCH3 is 1. The quantitative estimate of drug-likeness (QED) is 0.855. The fourth-order valence-electron chi connectivity index (χ4n) is 2.93. The molecule has 0 radical (unpaired) electrons. The zero-order chi connectivity index (χ0) is 14.8. The molecule has 1 fully saturated rings. The molecule has 6 nitrogen and oxygen atoms in total. The van der Waals surface area contributed by atoms with E-state index in [1.54, 1.807) is 19.2 Å². The summed E-state index contributed by atoms with van der Waals surface area (Å²) in [6.07, 6.45) is 2.08. The van der Waals surface area contributed by atoms with Gasteiger partial charge in [-0.2, -0.15) is 0 Å². The lowest BCUT2D eigenvalue weighted by atomic mass is 9.98. The van der Waals surface area contributed by atoms with Gasteiger partial charge in [0.05, 0.1) is 12.2 Å². The maximum atomic E-state index is 12.7. The first kappa shape index (κ1) is 14.0. The Bertz CT molecular complexity index is 545. The van der Waals surface area contributed by atoms with Crippen LogP contribution in [0.4, 0.5) is 5.69 Å². The number of nitrogens with zero attached hydrogens (tertiary/aromatic N) is 1. The van der Waals surface area contributed by atoms with Crippen molar-refractivity contribution in [1.29, 1.82) is 0 Å². The molecule has 0 spiro atoms. The highest BCUT2D eigenvalue weighted by Crippen LogP contribution is 2.36. The molecule has 1 atom stereocenters. The molecule has 2 aliphatic rings. The number of piperidine rings is 1. The standard InChI is InChI=1S/C15H20N2O4/c1-19-8-10-3-2-4-17(7-10)15(18)11-5-13-14(6-12(11)16)21-9-20-13/h5-6,10H,2-4,7-9,16H2,1H3. The monoisotopic (exact) mass is 292 g/mol. The van der Waals surface area contributed by atoms with Crippen LogP contribution in [0, 0.1) is 5.92 Å². The molecule has 3 rings (SSSR count). The summed E-state index contributed by atoms with van der Waals surface area (Å²) in [5.74, 6) is 1.52. The smallest absolute Gasteiger partial charge is 0.256 e. The summed E-state index contributed by atoms with van der Waals surface area (Å²) >= 11 is 0. The van der Waals surface area contributed by atoms with Crippen LogP contribution in [-0.2, 0) is 4.74 Å². The zero-order valence-corrected chi connectivity index (χ0v) is 12.1. The van der Waals surface area contributed by atoms with E-state index < -0.39 is 0 Å². The van der Waals surface area contributed by atoms with Crippen molar-refractivity contribution in [2.45, 2.75) is 12.8 Å². The van der Waals surface area contributed by atoms with E-state index in [0.29, 0.717) is 41.8 Å². The van der Waals surface area contributed by atoms with Gasteiger partial charge in [0, 0.05) is 32.0 Å². The molecular formula is C15H20N2O4. The maximum Gasteiger partial charge on any atom is 0.256 e. The number of hydrogen-bond acceptors (Lipinski definition) is 5. The van der Waals surface area contributed by atoms with E-state index in [1.807, 2.05) is 4.90 Å². The molecule has 0 aliphatic carbocycles. The first-order chi connectivity index (χ1) is 10.2. The summed E-state index contributed by atoms with van der Waals surface area (Å²) < 4.78 is 15.8. The van der Waals surface area contributed by atoms with E-state index in [9.17, 15) is 4.79 Å². The zero-order valence-electron chi connectivity index (χ0n) is 12.1. The van der Waals surface area contributed by atoms with Crippen LogP contribution in [0.5, 0.6) is 11.5 Å². The molecule has 1 saturated heterocycles. The topological polar surface area (TPSA) is 74.0 Å². The number of carbonyl (C=O) groups is 1. The number of ether oxygens (including phenoxy) is 3. The number of amides is 1. The lowest BCUT2D eigenvalue weighted by Gasteiger charge is -2.32. The van der Waals surface area contributed by atoms with Gasteiger partial charge in [-0.05, 0) is 24.8 Å². The van der Waals surface area contributed by atoms with Crippen LogP contribution < -0.4 is 15.2 Å². The summed E-state index contributed by atoms with van der Waals surface area (Å²) in [6, 6.07) is 3.34. The highest BCUT2D eigenvalue weighted by Gasteiger charge is 2.27. The second-order valence-corrected chi connectivity index (χ2v) is 5.51. The van der Waals surface area contributed by atoms with E-state index in [1.165, 1.54) is 0 Å². The number of anilines is 1. The normalized spacial score (nSPS) is 20.6. The van der Waals surface area contributed by atoms with Gasteiger partial charge in [-0.3, -0.25) is 4.79 Å². The predicted octanol–water partition coefficient (Wildman–Crippen LogP) is 1.50. The van der Waals surface area contributed by atoms with Gasteiger partial charge in [-0.15, -0.1) is 0 Å². The first-order valence-corrected chi connectivity index (χ1v) is 7.16. The summed E-state index contributed by atoms with van der Waals surface area (Å²) in [6.45, 7) is 2.32. The largest absolute Gasteiger partial charge is 0.454 e. The molecule has 0 aromatic heterocycles. The van der Waals surface area contributed by atoms with E-state index >= 15 is 0 Å². The molecule has 0 saturated carbocycles. The van der Waals surface area contributed by atoms with Crippen LogP contribution in [0.25, 0.3) is 0 Å². The van der Waals surface area contributed by atoms with Crippen molar-refractivity contribution in [3.63, 3.8) is 0 Å². The van der Waals surface area contributed by atoms with Gasteiger partial charge in [0.25, 0.3) is 5.91 Å². The Morgan fingerprint density at radius 1 is 1.43 bits per heavy atom. The van der Waals surface area contributed by atoms with Gasteiger partial charge >= 0.3 is 0 Å². The minimum Gasteiger partial charge on any atom is -0.454 e. The average molecular weight is 292 g/mol. The van der Waals surface area contributed by atoms with Crippen LogP contribution in [0.1, 0.15) is 23.2 Å². The summed E-state index contributed by atoms with van der Waals surface area (Å²) in [4.78, 5) is 14.5. The second kappa shape index (κ2) is 5.81. The van der Waals surface area contributed by atoms with E-state index in [-0.39, 0.29) is 12.7 Å². The van der Waals surface area contributed by atoms with E-state index in [4.69, 9.17) is 19.9 Å². The first-order valence-electron chi connectivity index (χ1n) is 7.16. The predicted molar refractivity (Wildman–Crippen MR) is 77.5 cm³/mol. The molecule has 0 bridgehead atoms. The second-order valence-electron chi connectivity index (χ2n) is 5.51. The minimum absolute atomic E-state index is 0.0494. The number of benzene rings is 1. The fraction of sp³-hybridized carbons (Fsp3) is 0.533. The van der Waals surface area contributed by atoms with Crippen molar-refractivity contribution in [1.82, 2.24) is 4.90 Å². The number of nitrogens with two attached hydrogens (primary N) is 1. The van der Waals surface area contributed by atoms with Crippen LogP contribution in [0.3, 0.4) is 0 Å². The van der Waals surface area contributed by atoms with Crippen molar-refractivity contribution >= 4 is 11.6 Å². The SMILES string of the molecule is COCC1CCCN(C(=O)c2cc3c(cc2N)OCO3)C1. The minimum atomic E-state index is -0.0494. The third-order valence-corrected chi connectivity index (χ3v) is 3.98. The Labute approximate surface area is 123 Å². The molecule has 21 heavy (non-hydrogen) atoms. The number of likely N-dealkylation sites (tertiary alicyclic amines) is 1. The highest BCUT2D eigenvalue weighted by molar-refractivity contribution is 6.00. The Kier molecular flexibility index (Phi) is 3.88. The van der Waals surface area contributed by atoms with Crippen molar-refractivity contribution in [2.75, 3.05) is 39.3 Å². The maximum absolute atomic E-state index is 12.7. The third-order valence-electron chi connectivity index (χ3n) is 3.98. The summed E-state index contributed by atoms with van der Waals surface area (Å²) in [5.41, 5.74) is 6.90. The molecule has 114 valence electrons. The number of fused-ring (bicyclic) bond motifs is 1. The molecule has 6 heteroatoms. The molecular weight excluding hydrogens is 272 g/mol. The van der Waals surface area contributed by atoms with Gasteiger partial charge < -0.3 is 24.8 Å². The van der Waals surface area contributed by atoms with Crippen molar-refractivity contribution in [3.8, 4) is 11.5 Å². The van der Waals surface area contributed by atoms with Gasteiger partial charge in [-0.1, -0.05) is 0 Å². The number of rotatable bonds is 3. The Morgan fingerprint density at radius 3 is 2.95 bits per heavy atom. The van der Waals surface area contributed by atoms with Crippen molar-refractivity contribution in [2.24, 2.45) is 5.92 Å². The molecule has 1 aromatic rings. The number of hydrogen-bond donors (Lipinski definition) is 1. The number of nitrogen functional groups attached to an aromatic ring is 1. The third kappa shape index (κ3) is 2.76. The molecule has 1 aromatic carbocycles. The van der Waals surface area contributed by atoms with E-state index in [0.717, 1.165) is 19.4 Å². The van der Waals surface area contributed by atoms with E-state index in [2.05, 4.69) is 0 Å². The molecule has 2 heterocycles. The van der Waals surface area contributed by atoms with Crippen LogP contribution in [-0.4, -0.2) is 44.4 Å². The summed E-state index contributed by atoms with van der Waals surface area (Å²) in [7, 11) is 1.69. The van der Waals surface area contributed by atoms with Crippen LogP contribution >= 0.6 is 0 Å². The average Bonchev–Trinajstić information content (AvgIpc) is 2.93. The molecule has 2 N–H and O–H groups in total. The van der Waals surface area contributed by atoms with Gasteiger partial charge in [0.1, 0.15) is 0 Å². The molecule has 2 aliphatic heterocycles. The Hall–Kier alpha value is -1.95. The summed E-state index contributed by atoms with van der Waals surface area (Å²) in [5, 5.41) is 0. The van der Waals surface area contributed by atoms with Crippen molar-refractivity contribution < 1.29 is 19.0 Å². The van der Waals surface area contributed by atoms with Gasteiger partial charge in [0.15, 0.2) is 11.5 Å². The van der Waals surface area contributed by atoms with Crippen LogP contribution in [0.2, 0.25) is 0 Å². The molecule has 1 unspecified atom stereocenters. The van der Waals surface area contributed by atoms with Crippen LogP contribution in [0.15, 0.2) is 12.1 Å². The number of carbonyl (C=O) groups excluding carboxylic acids is 1. The Balaban J connectivity index is 1.78.